The molecule has 1 aromatic carbocycles. The van der Waals surface area contributed by atoms with E-state index in [1.165, 1.54) is 0 Å². The molecule has 5 heteroatoms. The van der Waals surface area contributed by atoms with Crippen molar-refractivity contribution in [1.82, 2.24) is 4.98 Å². The van der Waals surface area contributed by atoms with Crippen LogP contribution in [0.3, 0.4) is 0 Å². The topological polar surface area (TPSA) is 51.2 Å². The summed E-state index contributed by atoms with van der Waals surface area (Å²) in [6, 6.07) is 9.36. The van der Waals surface area contributed by atoms with Gasteiger partial charge >= 0.3 is 5.97 Å². The van der Waals surface area contributed by atoms with Gasteiger partial charge in [0.05, 0.1) is 23.1 Å². The molecule has 0 atom stereocenters. The van der Waals surface area contributed by atoms with Crippen LogP contribution in [0.25, 0.3) is 0 Å². The number of pyridine rings is 1. The molecule has 0 spiro atoms. The Morgan fingerprint density at radius 1 is 1.23 bits per heavy atom. The second-order valence-electron chi connectivity index (χ2n) is 6.05. The first-order chi connectivity index (χ1) is 10.2. The van der Waals surface area contributed by atoms with Crippen molar-refractivity contribution in [3.05, 3.63) is 52.3 Å². The van der Waals surface area contributed by atoms with E-state index in [-0.39, 0.29) is 5.97 Å². The SMILES string of the molecule is Cc1ccc(Nc2ccc(Br)nc2)c(C(=O)OC(C)(C)C)c1. The zero-order valence-corrected chi connectivity index (χ0v) is 14.7. The second-order valence-corrected chi connectivity index (χ2v) is 6.86. The van der Waals surface area contributed by atoms with Crippen LogP contribution in [0.1, 0.15) is 36.7 Å². The molecule has 0 aliphatic carbocycles. The molecule has 22 heavy (non-hydrogen) atoms. The van der Waals surface area contributed by atoms with Gasteiger partial charge in [-0.3, -0.25) is 0 Å². The molecule has 2 aromatic rings. The smallest absolute Gasteiger partial charge is 0.340 e. The van der Waals surface area contributed by atoms with Gasteiger partial charge < -0.3 is 10.1 Å². The summed E-state index contributed by atoms with van der Waals surface area (Å²) < 4.78 is 6.23. The van der Waals surface area contributed by atoms with Crippen molar-refractivity contribution < 1.29 is 9.53 Å². The van der Waals surface area contributed by atoms with Crippen molar-refractivity contribution >= 4 is 33.3 Å². The molecule has 116 valence electrons. The van der Waals surface area contributed by atoms with Crippen LogP contribution >= 0.6 is 15.9 Å². The predicted octanol–water partition coefficient (Wildman–Crippen LogP) is 4.85. The molecule has 0 bridgehead atoms. The van der Waals surface area contributed by atoms with Crippen LogP contribution in [-0.2, 0) is 4.74 Å². The third-order valence-electron chi connectivity index (χ3n) is 2.80. The maximum Gasteiger partial charge on any atom is 0.340 e. The van der Waals surface area contributed by atoms with E-state index in [0.29, 0.717) is 11.3 Å². The third-order valence-corrected chi connectivity index (χ3v) is 3.27. The Morgan fingerprint density at radius 2 is 1.95 bits per heavy atom. The Hall–Kier alpha value is -1.88. The fourth-order valence-electron chi connectivity index (χ4n) is 1.87. The molecule has 1 N–H and O–H groups in total. The van der Waals surface area contributed by atoms with Gasteiger partial charge in [0, 0.05) is 0 Å². The molecule has 0 fully saturated rings. The number of anilines is 2. The van der Waals surface area contributed by atoms with Gasteiger partial charge in [-0.2, -0.15) is 0 Å². The first-order valence-electron chi connectivity index (χ1n) is 6.97. The van der Waals surface area contributed by atoms with Crippen molar-refractivity contribution in [2.24, 2.45) is 0 Å². The summed E-state index contributed by atoms with van der Waals surface area (Å²) in [6.07, 6.45) is 1.70. The summed E-state index contributed by atoms with van der Waals surface area (Å²) in [4.78, 5) is 16.6. The molecule has 0 unspecified atom stereocenters. The predicted molar refractivity (Wildman–Crippen MR) is 91.6 cm³/mol. The molecule has 2 rings (SSSR count). The van der Waals surface area contributed by atoms with Gasteiger partial charge in [0.1, 0.15) is 10.2 Å². The van der Waals surface area contributed by atoms with E-state index in [4.69, 9.17) is 4.74 Å². The first-order valence-corrected chi connectivity index (χ1v) is 7.76. The van der Waals surface area contributed by atoms with Gasteiger partial charge in [-0.15, -0.1) is 0 Å². The summed E-state index contributed by atoms with van der Waals surface area (Å²) in [5.74, 6) is -0.344. The highest BCUT2D eigenvalue weighted by Crippen LogP contribution is 2.25. The Labute approximate surface area is 139 Å². The third kappa shape index (κ3) is 4.56. The normalized spacial score (nSPS) is 11.1. The number of benzene rings is 1. The summed E-state index contributed by atoms with van der Waals surface area (Å²) in [5, 5.41) is 3.21. The lowest BCUT2D eigenvalue weighted by Gasteiger charge is -2.21. The van der Waals surface area contributed by atoms with Gasteiger partial charge in [-0.1, -0.05) is 11.6 Å². The lowest BCUT2D eigenvalue weighted by atomic mass is 10.1. The fourth-order valence-corrected chi connectivity index (χ4v) is 2.11. The summed E-state index contributed by atoms with van der Waals surface area (Å²) in [6.45, 7) is 7.50. The molecule has 0 radical (unpaired) electrons. The van der Waals surface area contributed by atoms with E-state index < -0.39 is 5.60 Å². The molecule has 1 heterocycles. The number of esters is 1. The minimum Gasteiger partial charge on any atom is -0.456 e. The van der Waals surface area contributed by atoms with E-state index in [0.717, 1.165) is 15.9 Å². The maximum absolute atomic E-state index is 12.4. The number of halogens is 1. The van der Waals surface area contributed by atoms with Gasteiger partial charge in [-0.05, 0) is 67.9 Å². The monoisotopic (exact) mass is 362 g/mol. The van der Waals surface area contributed by atoms with Crippen LogP contribution < -0.4 is 5.32 Å². The average molecular weight is 363 g/mol. The number of carbonyl (C=O) groups is 1. The number of nitrogens with one attached hydrogen (secondary N) is 1. The van der Waals surface area contributed by atoms with Crippen LogP contribution in [0, 0.1) is 6.92 Å². The number of hydrogen-bond acceptors (Lipinski definition) is 4. The summed E-state index contributed by atoms with van der Waals surface area (Å²) >= 11 is 3.30. The van der Waals surface area contributed by atoms with Crippen molar-refractivity contribution in [3.8, 4) is 0 Å². The average Bonchev–Trinajstić information content (AvgIpc) is 2.41. The minimum absolute atomic E-state index is 0.344. The standard InChI is InChI=1S/C17H19BrN2O2/c1-11-5-7-14(20-12-6-8-15(18)19-10-12)13(9-11)16(21)22-17(2,3)4/h5-10,20H,1-4H3. The molecular weight excluding hydrogens is 344 g/mol. The molecule has 4 nitrogen and oxygen atoms in total. The minimum atomic E-state index is -0.530. The number of rotatable bonds is 3. The van der Waals surface area contributed by atoms with Gasteiger partial charge in [0.2, 0.25) is 0 Å². The first kappa shape index (κ1) is 16.5. The van der Waals surface area contributed by atoms with Crippen molar-refractivity contribution in [1.29, 1.82) is 0 Å². The molecule has 0 amide bonds. The van der Waals surface area contributed by atoms with Crippen LogP contribution in [-0.4, -0.2) is 16.6 Å². The van der Waals surface area contributed by atoms with Gasteiger partial charge in [0.15, 0.2) is 0 Å². The van der Waals surface area contributed by atoms with Gasteiger partial charge in [-0.25, -0.2) is 9.78 Å². The molecule has 0 saturated heterocycles. The van der Waals surface area contributed by atoms with E-state index in [9.17, 15) is 4.79 Å². The number of hydrogen-bond donors (Lipinski definition) is 1. The van der Waals surface area contributed by atoms with E-state index in [1.807, 2.05) is 58.0 Å². The highest BCUT2D eigenvalue weighted by molar-refractivity contribution is 9.10. The maximum atomic E-state index is 12.4. The molecule has 0 aliphatic rings. The van der Waals surface area contributed by atoms with Crippen molar-refractivity contribution in [3.63, 3.8) is 0 Å². The quantitative estimate of drug-likeness (QED) is 0.626. The number of ether oxygens (including phenoxy) is 1. The Bertz CT molecular complexity index is 676. The summed E-state index contributed by atoms with van der Waals surface area (Å²) in [7, 11) is 0. The Morgan fingerprint density at radius 3 is 2.55 bits per heavy atom. The molecular formula is C17H19BrN2O2. The van der Waals surface area contributed by atoms with E-state index in [2.05, 4.69) is 26.2 Å². The second kappa shape index (κ2) is 6.48. The highest BCUT2D eigenvalue weighted by Gasteiger charge is 2.20. The Balaban J connectivity index is 2.31. The number of nitrogens with zero attached hydrogens (tertiary/aromatic N) is 1. The number of aromatic nitrogens is 1. The highest BCUT2D eigenvalue weighted by atomic mass is 79.9. The number of carbonyl (C=O) groups excluding carboxylic acids is 1. The molecule has 0 aliphatic heterocycles. The number of aryl methyl sites for hydroxylation is 1. The van der Waals surface area contributed by atoms with Crippen LogP contribution in [0.5, 0.6) is 0 Å². The van der Waals surface area contributed by atoms with E-state index in [1.54, 1.807) is 6.20 Å². The fraction of sp³-hybridized carbons (Fsp3) is 0.294. The van der Waals surface area contributed by atoms with Crippen molar-refractivity contribution in [2.45, 2.75) is 33.3 Å². The van der Waals surface area contributed by atoms with Crippen LogP contribution in [0.2, 0.25) is 0 Å². The zero-order valence-electron chi connectivity index (χ0n) is 13.1. The summed E-state index contributed by atoms with van der Waals surface area (Å²) in [5.41, 5.74) is 2.48. The lowest BCUT2D eigenvalue weighted by molar-refractivity contribution is 0.00706. The van der Waals surface area contributed by atoms with Crippen LogP contribution in [0.4, 0.5) is 11.4 Å². The van der Waals surface area contributed by atoms with E-state index >= 15 is 0 Å². The molecule has 0 saturated carbocycles. The van der Waals surface area contributed by atoms with Crippen LogP contribution in [0.15, 0.2) is 41.1 Å². The largest absolute Gasteiger partial charge is 0.456 e. The Kier molecular flexibility index (Phi) is 4.86. The lowest BCUT2D eigenvalue weighted by Crippen LogP contribution is -2.24. The molecule has 1 aromatic heterocycles. The zero-order chi connectivity index (χ0) is 16.3. The van der Waals surface area contributed by atoms with Gasteiger partial charge in [0.25, 0.3) is 0 Å². The van der Waals surface area contributed by atoms with Crippen molar-refractivity contribution in [2.75, 3.05) is 5.32 Å².